The van der Waals surface area contributed by atoms with Crippen LogP contribution in [0.2, 0.25) is 0 Å². The van der Waals surface area contributed by atoms with Crippen LogP contribution >= 0.6 is 15.9 Å². The molecule has 0 spiro atoms. The summed E-state index contributed by atoms with van der Waals surface area (Å²) in [6.45, 7) is 3.57. The summed E-state index contributed by atoms with van der Waals surface area (Å²) in [4.78, 5) is 14.8. The third-order valence-corrected chi connectivity index (χ3v) is 7.93. The SMILES string of the molecule is CC1CCN(C(=O)C(CCn2cccc2C#N)NS(=O)(=O)c2ccc(F)cc2Br)CC1. The van der Waals surface area contributed by atoms with Gasteiger partial charge >= 0.3 is 0 Å². The van der Waals surface area contributed by atoms with Gasteiger partial charge < -0.3 is 9.47 Å². The molecule has 1 aromatic heterocycles. The van der Waals surface area contributed by atoms with Crippen molar-refractivity contribution >= 4 is 31.9 Å². The first kappa shape index (κ1) is 23.4. The number of hydrogen-bond donors (Lipinski definition) is 1. The number of nitrogens with zero attached hydrogens (tertiary/aromatic N) is 3. The van der Waals surface area contributed by atoms with Gasteiger partial charge in [0.15, 0.2) is 0 Å². The summed E-state index contributed by atoms with van der Waals surface area (Å²) in [5.74, 6) is -0.343. The van der Waals surface area contributed by atoms with E-state index < -0.39 is 21.9 Å². The molecule has 10 heteroatoms. The number of nitriles is 1. The van der Waals surface area contributed by atoms with E-state index in [1.54, 1.807) is 27.8 Å². The second kappa shape index (κ2) is 9.94. The summed E-state index contributed by atoms with van der Waals surface area (Å²) in [7, 11) is -4.09. The van der Waals surface area contributed by atoms with Crippen LogP contribution in [0.15, 0.2) is 45.9 Å². The molecule has 1 fully saturated rings. The molecule has 31 heavy (non-hydrogen) atoms. The van der Waals surface area contributed by atoms with E-state index in [4.69, 9.17) is 0 Å². The largest absolute Gasteiger partial charge is 0.341 e. The van der Waals surface area contributed by atoms with Crippen LogP contribution in [0.5, 0.6) is 0 Å². The molecule has 1 saturated heterocycles. The number of benzene rings is 1. The topological polar surface area (TPSA) is 95.2 Å². The molecular formula is C21H24BrFN4O3S. The average molecular weight is 511 g/mol. The fourth-order valence-electron chi connectivity index (χ4n) is 3.60. The van der Waals surface area contributed by atoms with E-state index in [1.165, 1.54) is 0 Å². The molecule has 1 amide bonds. The summed E-state index contributed by atoms with van der Waals surface area (Å²) >= 11 is 3.09. The van der Waals surface area contributed by atoms with Crippen LogP contribution in [0.25, 0.3) is 0 Å². The minimum absolute atomic E-state index is 0.0789. The third kappa shape index (κ3) is 5.73. The van der Waals surface area contributed by atoms with Gasteiger partial charge in [0, 0.05) is 30.3 Å². The average Bonchev–Trinajstić information content (AvgIpc) is 3.18. The zero-order valence-corrected chi connectivity index (χ0v) is 19.5. The van der Waals surface area contributed by atoms with Crippen LogP contribution in [0.1, 0.15) is 31.9 Å². The number of aryl methyl sites for hydroxylation is 1. The van der Waals surface area contributed by atoms with Crippen LogP contribution in [-0.2, 0) is 21.4 Å². The molecule has 2 aromatic rings. The lowest BCUT2D eigenvalue weighted by molar-refractivity contribution is -0.134. The predicted molar refractivity (Wildman–Crippen MR) is 117 cm³/mol. The highest BCUT2D eigenvalue weighted by molar-refractivity contribution is 9.10. The Morgan fingerprint density at radius 1 is 1.35 bits per heavy atom. The van der Waals surface area contributed by atoms with Crippen LogP contribution in [0, 0.1) is 23.1 Å². The van der Waals surface area contributed by atoms with Crippen molar-refractivity contribution in [2.24, 2.45) is 5.92 Å². The number of amides is 1. The molecule has 1 N–H and O–H groups in total. The number of hydrogen-bond acceptors (Lipinski definition) is 4. The molecule has 1 atom stereocenters. The van der Waals surface area contributed by atoms with Crippen LogP contribution < -0.4 is 4.72 Å². The highest BCUT2D eigenvalue weighted by atomic mass is 79.9. The normalized spacial score (nSPS) is 16.1. The highest BCUT2D eigenvalue weighted by Crippen LogP contribution is 2.24. The maximum absolute atomic E-state index is 13.4. The van der Waals surface area contributed by atoms with Gasteiger partial charge in [0.2, 0.25) is 15.9 Å². The Labute approximate surface area is 190 Å². The minimum Gasteiger partial charge on any atom is -0.341 e. The van der Waals surface area contributed by atoms with Crippen molar-refractivity contribution in [3.63, 3.8) is 0 Å². The van der Waals surface area contributed by atoms with Gasteiger partial charge in [-0.05, 0) is 71.4 Å². The summed E-state index contributed by atoms with van der Waals surface area (Å²) in [6.07, 6.45) is 3.62. The van der Waals surface area contributed by atoms with E-state index >= 15 is 0 Å². The molecule has 1 aliphatic heterocycles. The molecule has 7 nitrogen and oxygen atoms in total. The van der Waals surface area contributed by atoms with E-state index in [0.717, 1.165) is 31.0 Å². The number of nitrogens with one attached hydrogen (secondary N) is 1. The smallest absolute Gasteiger partial charge is 0.242 e. The van der Waals surface area contributed by atoms with Crippen LogP contribution in [-0.4, -0.2) is 42.9 Å². The van der Waals surface area contributed by atoms with E-state index in [2.05, 4.69) is 33.6 Å². The number of aromatic nitrogens is 1. The Kier molecular flexibility index (Phi) is 7.51. The zero-order chi connectivity index (χ0) is 22.6. The zero-order valence-electron chi connectivity index (χ0n) is 17.1. The molecule has 2 heterocycles. The maximum Gasteiger partial charge on any atom is 0.242 e. The number of likely N-dealkylation sites (tertiary alicyclic amines) is 1. The number of carbonyl (C=O) groups excluding carboxylic acids is 1. The Balaban J connectivity index is 1.83. The molecule has 1 aliphatic rings. The second-order valence-electron chi connectivity index (χ2n) is 7.74. The quantitative estimate of drug-likeness (QED) is 0.618. The van der Waals surface area contributed by atoms with Crippen molar-refractivity contribution in [3.8, 4) is 6.07 Å². The lowest BCUT2D eigenvalue weighted by atomic mass is 9.98. The van der Waals surface area contributed by atoms with Gasteiger partial charge in [0.05, 0.1) is 4.90 Å². The van der Waals surface area contributed by atoms with Crippen molar-refractivity contribution < 1.29 is 17.6 Å². The van der Waals surface area contributed by atoms with Crippen molar-refractivity contribution in [1.29, 1.82) is 5.26 Å². The molecule has 0 bridgehead atoms. The molecular weight excluding hydrogens is 487 g/mol. The highest BCUT2D eigenvalue weighted by Gasteiger charge is 2.31. The van der Waals surface area contributed by atoms with Gasteiger partial charge in [-0.15, -0.1) is 0 Å². The van der Waals surface area contributed by atoms with E-state index in [-0.39, 0.29) is 21.7 Å². The lowest BCUT2D eigenvalue weighted by Crippen LogP contribution is -2.51. The van der Waals surface area contributed by atoms with E-state index in [1.807, 2.05) is 0 Å². The number of sulfonamides is 1. The van der Waals surface area contributed by atoms with Crippen LogP contribution in [0.4, 0.5) is 4.39 Å². The van der Waals surface area contributed by atoms with Gasteiger partial charge in [-0.3, -0.25) is 4.79 Å². The standard InChI is InChI=1S/C21H24BrFN4O3S/c1-15-6-10-27(11-7-15)21(28)19(8-12-26-9-2-3-17(26)14-24)25-31(29,30)20-5-4-16(23)13-18(20)22/h2-5,9,13,15,19,25H,6-8,10-12H2,1H3. The van der Waals surface area contributed by atoms with Gasteiger partial charge in [-0.25, -0.2) is 12.8 Å². The summed E-state index contributed by atoms with van der Waals surface area (Å²) in [5.41, 5.74) is 0.433. The van der Waals surface area contributed by atoms with Gasteiger partial charge in [-0.2, -0.15) is 9.98 Å². The van der Waals surface area contributed by atoms with Gasteiger partial charge in [-0.1, -0.05) is 6.92 Å². The van der Waals surface area contributed by atoms with Crippen molar-refractivity contribution in [2.45, 2.75) is 43.7 Å². The third-order valence-electron chi connectivity index (χ3n) is 5.48. The van der Waals surface area contributed by atoms with Gasteiger partial charge in [0.25, 0.3) is 0 Å². The van der Waals surface area contributed by atoms with Crippen molar-refractivity contribution in [1.82, 2.24) is 14.2 Å². The molecule has 1 aromatic carbocycles. The molecule has 3 rings (SSSR count). The molecule has 166 valence electrons. The first-order valence-electron chi connectivity index (χ1n) is 10.0. The van der Waals surface area contributed by atoms with Crippen LogP contribution in [0.3, 0.4) is 0 Å². The number of rotatable bonds is 7. The number of carbonyl (C=O) groups is 1. The van der Waals surface area contributed by atoms with Gasteiger partial charge in [0.1, 0.15) is 23.6 Å². The molecule has 0 saturated carbocycles. The molecule has 0 aliphatic carbocycles. The summed E-state index contributed by atoms with van der Waals surface area (Å²) in [6, 6.07) is 7.72. The van der Waals surface area contributed by atoms with E-state index in [0.29, 0.717) is 31.2 Å². The summed E-state index contributed by atoms with van der Waals surface area (Å²) in [5, 5.41) is 9.21. The number of piperidine rings is 1. The lowest BCUT2D eigenvalue weighted by Gasteiger charge is -2.33. The monoisotopic (exact) mass is 510 g/mol. The first-order valence-corrected chi connectivity index (χ1v) is 12.3. The Bertz CT molecular complexity index is 1090. The molecule has 1 unspecified atom stereocenters. The Morgan fingerprint density at radius 2 is 2.06 bits per heavy atom. The fraction of sp³-hybridized carbons (Fsp3) is 0.429. The first-order chi connectivity index (χ1) is 14.7. The molecule has 0 radical (unpaired) electrons. The van der Waals surface area contributed by atoms with Crippen molar-refractivity contribution in [3.05, 3.63) is 52.5 Å². The predicted octanol–water partition coefficient (Wildman–Crippen LogP) is 3.26. The Hall–Kier alpha value is -2.22. The second-order valence-corrected chi connectivity index (χ2v) is 10.3. The van der Waals surface area contributed by atoms with Crippen molar-refractivity contribution in [2.75, 3.05) is 13.1 Å². The summed E-state index contributed by atoms with van der Waals surface area (Å²) < 4.78 is 43.7. The fourth-order valence-corrected chi connectivity index (χ4v) is 5.88. The van der Waals surface area contributed by atoms with E-state index in [9.17, 15) is 22.9 Å². The maximum atomic E-state index is 13.4. The number of halogens is 2. The minimum atomic E-state index is -4.09. The Morgan fingerprint density at radius 3 is 2.71 bits per heavy atom.